The molecular weight excluding hydrogens is 234 g/mol. The molecule has 0 unspecified atom stereocenters. The van der Waals surface area contributed by atoms with Gasteiger partial charge in [0.2, 0.25) is 5.91 Å². The Morgan fingerprint density at radius 2 is 1.74 bits per heavy atom. The van der Waals surface area contributed by atoms with Crippen LogP contribution in [0, 0.1) is 5.41 Å². The van der Waals surface area contributed by atoms with Gasteiger partial charge in [-0.25, -0.2) is 0 Å². The molecule has 0 radical (unpaired) electrons. The highest BCUT2D eigenvalue weighted by Crippen LogP contribution is 2.48. The first kappa shape index (κ1) is 12.7. The molecule has 0 aromatic heterocycles. The Labute approximate surface area is 115 Å². The number of rotatable bonds is 4. The second kappa shape index (κ2) is 4.66. The summed E-state index contributed by atoms with van der Waals surface area (Å²) in [5.41, 5.74) is 1.51. The number of nitrogens with one attached hydrogen (secondary N) is 1. The van der Waals surface area contributed by atoms with E-state index in [4.69, 9.17) is 0 Å². The van der Waals surface area contributed by atoms with Gasteiger partial charge in [0, 0.05) is 17.4 Å². The molecular formula is C17H23NO. The van der Waals surface area contributed by atoms with Crippen molar-refractivity contribution >= 4 is 5.91 Å². The molecule has 1 aromatic carbocycles. The van der Waals surface area contributed by atoms with E-state index in [2.05, 4.69) is 42.6 Å². The molecule has 0 bridgehead atoms. The number of carbonyl (C=O) groups is 1. The zero-order valence-electron chi connectivity index (χ0n) is 11.7. The average molecular weight is 257 g/mol. The van der Waals surface area contributed by atoms with Gasteiger partial charge in [-0.2, -0.15) is 0 Å². The molecule has 2 aliphatic rings. The largest absolute Gasteiger partial charge is 0.355 e. The molecule has 19 heavy (non-hydrogen) atoms. The molecule has 1 N–H and O–H groups in total. The average Bonchev–Trinajstić information content (AvgIpc) is 3.12. The Hall–Kier alpha value is -1.31. The van der Waals surface area contributed by atoms with Gasteiger partial charge in [0.05, 0.1) is 0 Å². The Bertz CT molecular complexity index is 455. The Balaban J connectivity index is 1.62. The predicted octanol–water partition coefficient (Wildman–Crippen LogP) is 3.41. The van der Waals surface area contributed by atoms with Crippen LogP contribution >= 0.6 is 0 Å². The van der Waals surface area contributed by atoms with Crippen LogP contribution in [0.25, 0.3) is 0 Å². The van der Waals surface area contributed by atoms with Crippen molar-refractivity contribution in [3.63, 3.8) is 0 Å². The summed E-state index contributed by atoms with van der Waals surface area (Å²) in [6.45, 7) is 2.93. The number of amides is 1. The van der Waals surface area contributed by atoms with Crippen LogP contribution in [0.3, 0.4) is 0 Å². The van der Waals surface area contributed by atoms with Crippen LogP contribution in [-0.4, -0.2) is 12.5 Å². The smallest absolute Gasteiger partial charge is 0.225 e. The first-order valence-corrected chi connectivity index (χ1v) is 7.49. The van der Waals surface area contributed by atoms with Gasteiger partial charge in [-0.05, 0) is 31.2 Å². The van der Waals surface area contributed by atoms with Crippen molar-refractivity contribution in [3.8, 4) is 0 Å². The van der Waals surface area contributed by atoms with Gasteiger partial charge in [-0.15, -0.1) is 0 Å². The topological polar surface area (TPSA) is 29.1 Å². The monoisotopic (exact) mass is 257 g/mol. The molecule has 0 saturated heterocycles. The molecule has 1 aromatic rings. The van der Waals surface area contributed by atoms with Gasteiger partial charge < -0.3 is 5.32 Å². The minimum absolute atomic E-state index is 0.104. The fourth-order valence-corrected chi connectivity index (χ4v) is 3.36. The predicted molar refractivity (Wildman–Crippen MR) is 76.9 cm³/mol. The van der Waals surface area contributed by atoms with Crippen molar-refractivity contribution in [2.45, 2.75) is 50.9 Å². The maximum atomic E-state index is 12.4. The van der Waals surface area contributed by atoms with E-state index in [-0.39, 0.29) is 16.7 Å². The summed E-state index contributed by atoms with van der Waals surface area (Å²) in [7, 11) is 0. The summed E-state index contributed by atoms with van der Waals surface area (Å²) in [5.74, 6) is 0.271. The van der Waals surface area contributed by atoms with E-state index in [1.807, 2.05) is 0 Å². The minimum Gasteiger partial charge on any atom is -0.355 e. The summed E-state index contributed by atoms with van der Waals surface area (Å²) < 4.78 is 0. The van der Waals surface area contributed by atoms with Gasteiger partial charge in [0.15, 0.2) is 0 Å². The van der Waals surface area contributed by atoms with Gasteiger partial charge in [0.1, 0.15) is 0 Å². The lowest BCUT2D eigenvalue weighted by Gasteiger charge is -2.24. The van der Waals surface area contributed by atoms with Gasteiger partial charge in [0.25, 0.3) is 0 Å². The van der Waals surface area contributed by atoms with E-state index >= 15 is 0 Å². The standard InChI is InChI=1S/C17H23NO/c1-16(9-5-6-10-16)15(19)18-13-17(11-12-17)14-7-3-2-4-8-14/h2-4,7-8H,5-6,9-13H2,1H3,(H,18,19). The fraction of sp³-hybridized carbons (Fsp3) is 0.588. The van der Waals surface area contributed by atoms with Crippen LogP contribution in [0.4, 0.5) is 0 Å². The van der Waals surface area contributed by atoms with Gasteiger partial charge >= 0.3 is 0 Å². The fourth-order valence-electron chi connectivity index (χ4n) is 3.36. The molecule has 0 aliphatic heterocycles. The van der Waals surface area contributed by atoms with Gasteiger partial charge in [-0.1, -0.05) is 50.1 Å². The molecule has 2 saturated carbocycles. The van der Waals surface area contributed by atoms with Crippen LogP contribution in [0.2, 0.25) is 0 Å². The molecule has 0 heterocycles. The molecule has 0 spiro atoms. The number of hydrogen-bond acceptors (Lipinski definition) is 1. The second-order valence-corrected chi connectivity index (χ2v) is 6.60. The second-order valence-electron chi connectivity index (χ2n) is 6.60. The molecule has 2 heteroatoms. The van der Waals surface area contributed by atoms with Crippen molar-refractivity contribution in [1.82, 2.24) is 5.32 Å². The van der Waals surface area contributed by atoms with Crippen LogP contribution in [0.15, 0.2) is 30.3 Å². The molecule has 3 rings (SSSR count). The Morgan fingerprint density at radius 3 is 2.32 bits per heavy atom. The minimum atomic E-state index is -0.104. The highest BCUT2D eigenvalue weighted by molar-refractivity contribution is 5.82. The lowest BCUT2D eigenvalue weighted by Crippen LogP contribution is -2.40. The summed E-state index contributed by atoms with van der Waals surface area (Å²) in [6.07, 6.45) is 6.91. The highest BCUT2D eigenvalue weighted by Gasteiger charge is 2.45. The number of carbonyl (C=O) groups excluding carboxylic acids is 1. The van der Waals surface area contributed by atoms with E-state index in [1.54, 1.807) is 0 Å². The lowest BCUT2D eigenvalue weighted by molar-refractivity contribution is -0.130. The van der Waals surface area contributed by atoms with E-state index in [0.717, 1.165) is 19.4 Å². The van der Waals surface area contributed by atoms with Crippen LogP contribution in [0.5, 0.6) is 0 Å². The van der Waals surface area contributed by atoms with Gasteiger partial charge in [-0.3, -0.25) is 4.79 Å². The highest BCUT2D eigenvalue weighted by atomic mass is 16.2. The molecule has 2 aliphatic carbocycles. The lowest BCUT2D eigenvalue weighted by atomic mass is 9.87. The van der Waals surface area contributed by atoms with Crippen molar-refractivity contribution in [3.05, 3.63) is 35.9 Å². The summed E-state index contributed by atoms with van der Waals surface area (Å²) in [5, 5.41) is 3.23. The maximum Gasteiger partial charge on any atom is 0.225 e. The van der Waals surface area contributed by atoms with Crippen molar-refractivity contribution in [2.24, 2.45) is 5.41 Å². The van der Waals surface area contributed by atoms with Crippen LogP contribution in [-0.2, 0) is 10.2 Å². The zero-order valence-corrected chi connectivity index (χ0v) is 11.7. The summed E-state index contributed by atoms with van der Waals surface area (Å²) >= 11 is 0. The van der Waals surface area contributed by atoms with Crippen molar-refractivity contribution < 1.29 is 4.79 Å². The van der Waals surface area contributed by atoms with E-state index < -0.39 is 0 Å². The molecule has 2 fully saturated rings. The molecule has 2 nitrogen and oxygen atoms in total. The number of hydrogen-bond donors (Lipinski definition) is 1. The number of benzene rings is 1. The van der Waals surface area contributed by atoms with Crippen LogP contribution in [0.1, 0.15) is 51.0 Å². The molecule has 0 atom stereocenters. The quantitative estimate of drug-likeness (QED) is 0.880. The van der Waals surface area contributed by atoms with E-state index in [1.165, 1.54) is 31.2 Å². The zero-order chi connectivity index (χ0) is 13.3. The SMILES string of the molecule is CC1(C(=O)NCC2(c3ccccc3)CC2)CCCC1. The van der Waals surface area contributed by atoms with Crippen molar-refractivity contribution in [2.75, 3.05) is 6.54 Å². The Kier molecular flexibility index (Phi) is 3.12. The molecule has 102 valence electrons. The maximum absolute atomic E-state index is 12.4. The molecule has 1 amide bonds. The van der Waals surface area contributed by atoms with E-state index in [9.17, 15) is 4.79 Å². The third-order valence-electron chi connectivity index (χ3n) is 5.08. The summed E-state index contributed by atoms with van der Waals surface area (Å²) in [4.78, 5) is 12.4. The summed E-state index contributed by atoms with van der Waals surface area (Å²) in [6, 6.07) is 10.6. The third-order valence-corrected chi connectivity index (χ3v) is 5.08. The first-order valence-electron chi connectivity index (χ1n) is 7.49. The van der Waals surface area contributed by atoms with Crippen LogP contribution < -0.4 is 5.32 Å². The van der Waals surface area contributed by atoms with Crippen molar-refractivity contribution in [1.29, 1.82) is 0 Å². The Morgan fingerprint density at radius 1 is 1.11 bits per heavy atom. The third kappa shape index (κ3) is 2.41. The normalized spacial score (nSPS) is 23.0. The first-order chi connectivity index (χ1) is 9.15. The van der Waals surface area contributed by atoms with E-state index in [0.29, 0.717) is 0 Å².